The van der Waals surface area contributed by atoms with Crippen LogP contribution in [-0.4, -0.2) is 11.2 Å². The molecular weight excluding hydrogens is 160 g/mol. The maximum atomic E-state index is 9.46. The van der Waals surface area contributed by atoms with Gasteiger partial charge in [0.2, 0.25) is 0 Å². The molecule has 0 bridgehead atoms. The molecule has 0 radical (unpaired) electrons. The monoisotopic (exact) mass is 182 g/mol. The summed E-state index contributed by atoms with van der Waals surface area (Å²) in [6, 6.07) is 0. The van der Waals surface area contributed by atoms with Crippen molar-refractivity contribution in [3.8, 4) is 0 Å². The maximum Gasteiger partial charge on any atom is 0.0574 e. The molecule has 0 saturated heterocycles. The highest BCUT2D eigenvalue weighted by Crippen LogP contribution is 2.04. The predicted octanol–water partition coefficient (Wildman–Crippen LogP) is 3.45. The molecule has 0 amide bonds. The minimum atomic E-state index is -0.147. The molecule has 1 atom stereocenters. The molecule has 1 heteroatoms. The smallest absolute Gasteiger partial charge is 0.0574 e. The largest absolute Gasteiger partial charge is 0.393 e. The van der Waals surface area contributed by atoms with Gasteiger partial charge in [0.05, 0.1) is 6.10 Å². The Bertz CT molecular complexity index is 147. The fourth-order valence-electron chi connectivity index (χ4n) is 1.09. The van der Waals surface area contributed by atoms with Gasteiger partial charge in [-0.1, -0.05) is 51.0 Å². The van der Waals surface area contributed by atoms with E-state index in [1.807, 2.05) is 18.2 Å². The molecule has 1 N–H and O–H groups in total. The van der Waals surface area contributed by atoms with Gasteiger partial charge < -0.3 is 5.11 Å². The van der Waals surface area contributed by atoms with Crippen molar-refractivity contribution in [2.24, 2.45) is 0 Å². The van der Waals surface area contributed by atoms with Crippen molar-refractivity contribution in [3.63, 3.8) is 0 Å². The Morgan fingerprint density at radius 1 is 1.15 bits per heavy atom. The zero-order valence-corrected chi connectivity index (χ0v) is 8.87. The van der Waals surface area contributed by atoms with Crippen LogP contribution in [0.2, 0.25) is 0 Å². The van der Waals surface area contributed by atoms with Crippen LogP contribution in [0.5, 0.6) is 0 Å². The van der Waals surface area contributed by atoms with Crippen molar-refractivity contribution in [1.82, 2.24) is 0 Å². The van der Waals surface area contributed by atoms with Gasteiger partial charge in [0.15, 0.2) is 0 Å². The second kappa shape index (κ2) is 9.53. The molecule has 76 valence electrons. The molecule has 0 rings (SSSR count). The first-order valence-electron chi connectivity index (χ1n) is 5.31. The number of allylic oxidation sites excluding steroid dienone is 3. The van der Waals surface area contributed by atoms with Gasteiger partial charge in [-0.15, -0.1) is 0 Å². The summed E-state index contributed by atoms with van der Waals surface area (Å²) in [5, 5.41) is 9.46. The lowest BCUT2D eigenvalue weighted by molar-refractivity contribution is 0.164. The number of hydrogen-bond acceptors (Lipinski definition) is 1. The first-order valence-corrected chi connectivity index (χ1v) is 5.31. The van der Waals surface area contributed by atoms with Gasteiger partial charge in [-0.25, -0.2) is 0 Å². The van der Waals surface area contributed by atoms with Crippen molar-refractivity contribution >= 4 is 0 Å². The van der Waals surface area contributed by atoms with E-state index in [1.54, 1.807) is 0 Å². The lowest BCUT2D eigenvalue weighted by atomic mass is 10.1. The summed E-state index contributed by atoms with van der Waals surface area (Å²) in [5.41, 5.74) is 0. The number of rotatable bonds is 7. The fraction of sp³-hybridized carbons (Fsp3) is 0.667. The van der Waals surface area contributed by atoms with Crippen molar-refractivity contribution in [2.75, 3.05) is 0 Å². The summed E-state index contributed by atoms with van der Waals surface area (Å²) in [7, 11) is 0. The number of aliphatic hydroxyl groups is 1. The Balaban J connectivity index is 3.39. The topological polar surface area (TPSA) is 20.2 Å². The van der Waals surface area contributed by atoms with Gasteiger partial charge in [0, 0.05) is 0 Å². The summed E-state index contributed by atoms with van der Waals surface area (Å²) in [4.78, 5) is 0. The third kappa shape index (κ3) is 9.35. The van der Waals surface area contributed by atoms with Crippen molar-refractivity contribution in [3.05, 3.63) is 24.3 Å². The van der Waals surface area contributed by atoms with Gasteiger partial charge in [0.25, 0.3) is 0 Å². The highest BCUT2D eigenvalue weighted by molar-refractivity contribution is 5.02. The second-order valence-corrected chi connectivity index (χ2v) is 3.30. The second-order valence-electron chi connectivity index (χ2n) is 3.30. The Kier molecular flexibility index (Phi) is 9.12. The number of unbranched alkanes of at least 4 members (excludes halogenated alkanes) is 1. The molecule has 0 aromatic heterocycles. The highest BCUT2D eigenvalue weighted by atomic mass is 16.3. The molecule has 0 aliphatic carbocycles. The molecule has 0 aromatic rings. The molecule has 1 unspecified atom stereocenters. The van der Waals surface area contributed by atoms with Crippen LogP contribution >= 0.6 is 0 Å². The molecule has 0 heterocycles. The number of aliphatic hydroxyl groups excluding tert-OH is 1. The Labute approximate surface area is 82.2 Å². The molecule has 0 spiro atoms. The SMILES string of the molecule is CCC=C/C=C\CC(O)CCCC. The molecule has 0 fully saturated rings. The average Bonchev–Trinajstić information content (AvgIpc) is 2.14. The van der Waals surface area contributed by atoms with Crippen LogP contribution in [0.4, 0.5) is 0 Å². The highest BCUT2D eigenvalue weighted by Gasteiger charge is 1.98. The summed E-state index contributed by atoms with van der Waals surface area (Å²) in [6.45, 7) is 4.26. The van der Waals surface area contributed by atoms with Gasteiger partial charge >= 0.3 is 0 Å². The Morgan fingerprint density at radius 3 is 2.46 bits per heavy atom. The van der Waals surface area contributed by atoms with Crippen LogP contribution in [0.15, 0.2) is 24.3 Å². The van der Waals surface area contributed by atoms with Gasteiger partial charge in [-0.05, 0) is 19.3 Å². The molecule has 13 heavy (non-hydrogen) atoms. The van der Waals surface area contributed by atoms with Gasteiger partial charge in [0.1, 0.15) is 0 Å². The third-order valence-electron chi connectivity index (χ3n) is 1.92. The fourth-order valence-corrected chi connectivity index (χ4v) is 1.09. The number of hydrogen-bond donors (Lipinski definition) is 1. The molecule has 0 aliphatic heterocycles. The maximum absolute atomic E-state index is 9.46. The zero-order chi connectivity index (χ0) is 9.94. The summed E-state index contributed by atoms with van der Waals surface area (Å²) in [5.74, 6) is 0. The van der Waals surface area contributed by atoms with Gasteiger partial charge in [-0.3, -0.25) is 0 Å². The van der Waals surface area contributed by atoms with Crippen LogP contribution in [0.1, 0.15) is 46.0 Å². The normalized spacial score (nSPS) is 14.4. The lowest BCUT2D eigenvalue weighted by Crippen LogP contribution is -2.03. The average molecular weight is 182 g/mol. The van der Waals surface area contributed by atoms with E-state index < -0.39 is 0 Å². The molecular formula is C12H22O. The van der Waals surface area contributed by atoms with E-state index >= 15 is 0 Å². The van der Waals surface area contributed by atoms with E-state index in [1.165, 1.54) is 0 Å². The molecule has 1 nitrogen and oxygen atoms in total. The van der Waals surface area contributed by atoms with E-state index in [9.17, 15) is 5.11 Å². The first-order chi connectivity index (χ1) is 6.31. The van der Waals surface area contributed by atoms with Crippen molar-refractivity contribution in [2.45, 2.75) is 52.1 Å². The van der Waals surface area contributed by atoms with Crippen molar-refractivity contribution in [1.29, 1.82) is 0 Å². The van der Waals surface area contributed by atoms with E-state index in [0.717, 1.165) is 32.1 Å². The van der Waals surface area contributed by atoms with Crippen LogP contribution in [0.3, 0.4) is 0 Å². The van der Waals surface area contributed by atoms with Crippen LogP contribution < -0.4 is 0 Å². The van der Waals surface area contributed by atoms with Crippen LogP contribution in [0, 0.1) is 0 Å². The minimum absolute atomic E-state index is 0.147. The first kappa shape index (κ1) is 12.4. The summed E-state index contributed by atoms with van der Waals surface area (Å²) in [6.07, 6.45) is 13.1. The molecule has 0 saturated carbocycles. The Morgan fingerprint density at radius 2 is 1.85 bits per heavy atom. The minimum Gasteiger partial charge on any atom is -0.393 e. The molecule has 0 aromatic carbocycles. The van der Waals surface area contributed by atoms with E-state index in [0.29, 0.717) is 0 Å². The van der Waals surface area contributed by atoms with Crippen LogP contribution in [0.25, 0.3) is 0 Å². The van der Waals surface area contributed by atoms with Crippen LogP contribution in [-0.2, 0) is 0 Å². The quantitative estimate of drug-likeness (QED) is 0.598. The molecule has 0 aliphatic rings. The predicted molar refractivity (Wildman–Crippen MR) is 58.7 cm³/mol. The zero-order valence-electron chi connectivity index (χ0n) is 8.87. The lowest BCUT2D eigenvalue weighted by Gasteiger charge is -2.05. The van der Waals surface area contributed by atoms with Gasteiger partial charge in [-0.2, -0.15) is 0 Å². The van der Waals surface area contributed by atoms with E-state index in [-0.39, 0.29) is 6.10 Å². The van der Waals surface area contributed by atoms with E-state index in [4.69, 9.17) is 0 Å². The summed E-state index contributed by atoms with van der Waals surface area (Å²) >= 11 is 0. The van der Waals surface area contributed by atoms with Crippen molar-refractivity contribution < 1.29 is 5.11 Å². The Hall–Kier alpha value is -0.560. The third-order valence-corrected chi connectivity index (χ3v) is 1.92. The van der Waals surface area contributed by atoms with E-state index in [2.05, 4.69) is 19.9 Å². The summed E-state index contributed by atoms with van der Waals surface area (Å²) < 4.78 is 0. The standard InChI is InChI=1S/C12H22O/c1-3-5-7-8-9-11-12(13)10-6-4-2/h5,7-9,12-13H,3-4,6,10-11H2,1-2H3/b7-5?,9-8-.